The van der Waals surface area contributed by atoms with Crippen molar-refractivity contribution in [3.05, 3.63) is 53.1 Å². The molecule has 34 heavy (non-hydrogen) atoms. The zero-order valence-corrected chi connectivity index (χ0v) is 22.3. The Kier molecular flexibility index (Phi) is 7.70. The first kappa shape index (κ1) is 26.5. The molecule has 0 spiro atoms. The summed E-state index contributed by atoms with van der Waals surface area (Å²) in [6.07, 6.45) is 0.623. The third-order valence-corrected chi connectivity index (χ3v) is 9.16. The minimum absolute atomic E-state index is 0.0521. The van der Waals surface area contributed by atoms with Gasteiger partial charge in [0.15, 0.2) is 9.84 Å². The van der Waals surface area contributed by atoms with E-state index in [4.69, 9.17) is 21.1 Å². The van der Waals surface area contributed by atoms with Crippen LogP contribution in [-0.4, -0.2) is 40.7 Å². The van der Waals surface area contributed by atoms with Gasteiger partial charge in [0.1, 0.15) is 10.5 Å². The van der Waals surface area contributed by atoms with Crippen molar-refractivity contribution in [2.24, 2.45) is 5.41 Å². The molecule has 0 radical (unpaired) electrons. The van der Waals surface area contributed by atoms with Gasteiger partial charge in [0, 0.05) is 24.7 Å². The van der Waals surface area contributed by atoms with Gasteiger partial charge in [-0.3, -0.25) is 4.79 Å². The van der Waals surface area contributed by atoms with Gasteiger partial charge in [-0.25, -0.2) is 8.42 Å². The Hall–Kier alpha value is -2.09. The van der Waals surface area contributed by atoms with Crippen LogP contribution in [0.15, 0.2) is 47.4 Å². The minimum atomic E-state index is -3.78. The van der Waals surface area contributed by atoms with Gasteiger partial charge >= 0.3 is 0 Å². The molecule has 0 aromatic heterocycles. The average Bonchev–Trinajstić information content (AvgIpc) is 2.79. The fourth-order valence-electron chi connectivity index (χ4n) is 4.36. The quantitative estimate of drug-likeness (QED) is 0.507. The van der Waals surface area contributed by atoms with Crippen LogP contribution in [0.2, 0.25) is 5.02 Å². The van der Waals surface area contributed by atoms with E-state index in [1.54, 1.807) is 47.4 Å². The lowest BCUT2D eigenvalue weighted by Crippen LogP contribution is -2.44. The summed E-state index contributed by atoms with van der Waals surface area (Å²) in [5.74, 6) is 0.536. The number of carbonyl (C=O) groups is 1. The fourth-order valence-corrected chi connectivity index (χ4v) is 6.72. The number of ether oxygens (including phenoxy) is 2. The third-order valence-electron chi connectivity index (χ3n) is 6.29. The number of sulfone groups is 1. The maximum absolute atomic E-state index is 14.0. The molecule has 1 amide bonds. The predicted molar refractivity (Wildman–Crippen MR) is 135 cm³/mol. The summed E-state index contributed by atoms with van der Waals surface area (Å²) in [7, 11) is -2.24. The summed E-state index contributed by atoms with van der Waals surface area (Å²) >= 11 is 6.74. The first-order chi connectivity index (χ1) is 15.8. The number of anilines is 1. The molecule has 1 fully saturated rings. The van der Waals surface area contributed by atoms with Crippen LogP contribution >= 0.6 is 11.6 Å². The van der Waals surface area contributed by atoms with Crippen molar-refractivity contribution in [2.75, 3.05) is 25.2 Å². The largest absolute Gasteiger partial charge is 0.497 e. The maximum Gasteiger partial charge on any atom is 0.232 e. The summed E-state index contributed by atoms with van der Waals surface area (Å²) < 4.78 is 37.5. The molecule has 0 N–H and O–H groups in total. The van der Waals surface area contributed by atoms with Crippen molar-refractivity contribution >= 4 is 33.0 Å². The zero-order chi connectivity index (χ0) is 25.3. The number of rotatable bonds is 6. The molecule has 0 atom stereocenters. The van der Waals surface area contributed by atoms with Crippen LogP contribution < -0.4 is 9.64 Å². The number of amides is 1. The number of carbonyl (C=O) groups excluding carboxylic acids is 1. The van der Waals surface area contributed by atoms with Crippen molar-refractivity contribution in [2.45, 2.75) is 63.1 Å². The first-order valence-corrected chi connectivity index (χ1v) is 13.3. The van der Waals surface area contributed by atoms with E-state index in [2.05, 4.69) is 0 Å². The number of nitrogens with zero attached hydrogens (tertiary/aromatic N) is 1. The molecule has 1 aliphatic rings. The van der Waals surface area contributed by atoms with E-state index in [1.807, 2.05) is 34.6 Å². The predicted octanol–water partition coefficient (Wildman–Crippen LogP) is 5.62. The molecule has 1 heterocycles. The van der Waals surface area contributed by atoms with Crippen LogP contribution in [0.3, 0.4) is 0 Å². The van der Waals surface area contributed by atoms with Crippen LogP contribution in [-0.2, 0) is 24.1 Å². The van der Waals surface area contributed by atoms with Gasteiger partial charge in [-0.15, -0.1) is 0 Å². The van der Waals surface area contributed by atoms with Crippen LogP contribution in [0.1, 0.15) is 53.0 Å². The smallest absolute Gasteiger partial charge is 0.232 e. The molecule has 0 aliphatic carbocycles. The molecule has 2 aromatic carbocycles. The van der Waals surface area contributed by atoms with Crippen LogP contribution in [0.4, 0.5) is 5.69 Å². The van der Waals surface area contributed by atoms with Crippen LogP contribution in [0.25, 0.3) is 0 Å². The molecule has 2 aromatic rings. The summed E-state index contributed by atoms with van der Waals surface area (Å²) in [5.41, 5.74) is 0.586. The van der Waals surface area contributed by atoms with E-state index in [1.165, 1.54) is 7.11 Å². The first-order valence-electron chi connectivity index (χ1n) is 11.5. The molecular formula is C26H34ClNO5S. The topological polar surface area (TPSA) is 72.9 Å². The zero-order valence-electron chi connectivity index (χ0n) is 20.7. The minimum Gasteiger partial charge on any atom is -0.497 e. The lowest BCUT2D eigenvalue weighted by atomic mass is 9.89. The van der Waals surface area contributed by atoms with Crippen LogP contribution in [0.5, 0.6) is 5.75 Å². The van der Waals surface area contributed by atoms with Gasteiger partial charge in [0.05, 0.1) is 22.7 Å². The second kappa shape index (κ2) is 9.88. The lowest BCUT2D eigenvalue weighted by molar-refractivity contribution is -0.126. The Morgan fingerprint density at radius 2 is 1.68 bits per heavy atom. The normalized spacial score (nSPS) is 16.4. The van der Waals surface area contributed by atoms with Gasteiger partial charge in [0.2, 0.25) is 5.91 Å². The van der Waals surface area contributed by atoms with Crippen molar-refractivity contribution in [3.8, 4) is 5.75 Å². The Balaban J connectivity index is 2.12. The molecule has 0 unspecified atom stereocenters. The highest BCUT2D eigenvalue weighted by Crippen LogP contribution is 2.46. The Morgan fingerprint density at radius 1 is 1.09 bits per heavy atom. The highest BCUT2D eigenvalue weighted by atomic mass is 35.5. The van der Waals surface area contributed by atoms with Crippen molar-refractivity contribution < 1.29 is 22.7 Å². The van der Waals surface area contributed by atoms with Gasteiger partial charge in [0.25, 0.3) is 0 Å². The Bertz CT molecular complexity index is 1130. The number of benzene rings is 2. The maximum atomic E-state index is 14.0. The summed E-state index contributed by atoms with van der Waals surface area (Å²) in [4.78, 5) is 15.1. The monoisotopic (exact) mass is 507 g/mol. The van der Waals surface area contributed by atoms with Gasteiger partial charge in [-0.2, -0.15) is 0 Å². The number of halogens is 1. The second-order valence-corrected chi connectivity index (χ2v) is 12.6. The van der Waals surface area contributed by atoms with Gasteiger partial charge in [-0.05, 0) is 68.7 Å². The molecule has 0 saturated carbocycles. The highest BCUT2D eigenvalue weighted by molar-refractivity contribution is 7.92. The molecule has 186 valence electrons. The van der Waals surface area contributed by atoms with Crippen molar-refractivity contribution in [1.82, 2.24) is 0 Å². The lowest BCUT2D eigenvalue weighted by Gasteiger charge is -2.38. The Morgan fingerprint density at radius 3 is 2.15 bits per heavy atom. The van der Waals surface area contributed by atoms with E-state index < -0.39 is 20.0 Å². The van der Waals surface area contributed by atoms with E-state index >= 15 is 0 Å². The standard InChI is InChI=1S/C26H34ClNO5S/c1-18(2)28(24(29)25(3,4)5)23-12-7-19(17-22(23)27)26(13-15-33-16-14-26)34(30,31)21-10-8-20(32-6)9-11-21/h7-12,17-18H,13-16H2,1-6H3. The van der Waals surface area contributed by atoms with E-state index in [0.29, 0.717) is 48.1 Å². The molecular weight excluding hydrogens is 474 g/mol. The summed E-state index contributed by atoms with van der Waals surface area (Å²) in [5, 5.41) is 0.347. The van der Waals surface area contributed by atoms with Crippen molar-refractivity contribution in [1.29, 1.82) is 0 Å². The average molecular weight is 508 g/mol. The molecule has 0 bridgehead atoms. The molecule has 1 aliphatic heterocycles. The van der Waals surface area contributed by atoms with E-state index in [0.717, 1.165) is 0 Å². The third kappa shape index (κ3) is 4.83. The number of hydrogen-bond donors (Lipinski definition) is 0. The van der Waals surface area contributed by atoms with Gasteiger partial charge < -0.3 is 14.4 Å². The van der Waals surface area contributed by atoms with E-state index in [9.17, 15) is 13.2 Å². The molecule has 6 nitrogen and oxygen atoms in total. The van der Waals surface area contributed by atoms with Crippen LogP contribution in [0, 0.1) is 5.41 Å². The second-order valence-electron chi connectivity index (χ2n) is 9.97. The Labute approximate surface area is 208 Å². The van der Waals surface area contributed by atoms with Crippen molar-refractivity contribution in [3.63, 3.8) is 0 Å². The highest BCUT2D eigenvalue weighted by Gasteiger charge is 2.47. The SMILES string of the molecule is COc1ccc(S(=O)(=O)C2(c3ccc(N(C(=O)C(C)(C)C)C(C)C)c(Cl)c3)CCOCC2)cc1. The number of methoxy groups -OCH3 is 1. The molecule has 1 saturated heterocycles. The fraction of sp³-hybridized carbons (Fsp3) is 0.500. The summed E-state index contributed by atoms with van der Waals surface area (Å²) in [6, 6.07) is 11.6. The molecule has 3 rings (SSSR count). The molecule has 8 heteroatoms. The summed E-state index contributed by atoms with van der Waals surface area (Å²) in [6.45, 7) is 10.1. The van der Waals surface area contributed by atoms with Gasteiger partial charge in [-0.1, -0.05) is 38.4 Å². The van der Waals surface area contributed by atoms with E-state index in [-0.39, 0.29) is 16.8 Å². The number of hydrogen-bond acceptors (Lipinski definition) is 5.